The lowest BCUT2D eigenvalue weighted by Gasteiger charge is -2.12. The number of amides is 2. The van der Waals surface area contributed by atoms with Gasteiger partial charge in [-0.1, -0.05) is 54.6 Å². The number of rotatable bonds is 8. The minimum Gasteiger partial charge on any atom is -0.483 e. The van der Waals surface area contributed by atoms with Crippen LogP contribution in [0.3, 0.4) is 0 Å². The molecule has 0 fully saturated rings. The zero-order valence-corrected chi connectivity index (χ0v) is 16.6. The molecule has 6 heteroatoms. The van der Waals surface area contributed by atoms with E-state index in [-0.39, 0.29) is 18.3 Å². The van der Waals surface area contributed by atoms with Gasteiger partial charge in [-0.2, -0.15) is 0 Å². The first-order chi connectivity index (χ1) is 14.5. The van der Waals surface area contributed by atoms with Gasteiger partial charge in [-0.05, 0) is 36.8 Å². The Morgan fingerprint density at radius 3 is 2.37 bits per heavy atom. The predicted octanol–water partition coefficient (Wildman–Crippen LogP) is 3.84. The molecule has 0 aliphatic carbocycles. The molecule has 0 heterocycles. The summed E-state index contributed by atoms with van der Waals surface area (Å²) in [6, 6.07) is 23.0. The fraction of sp³-hybridized carbons (Fsp3) is 0.125. The highest BCUT2D eigenvalue weighted by Gasteiger charge is 2.13. The maximum atomic E-state index is 12.6. The molecule has 0 bridgehead atoms. The fourth-order valence-electron chi connectivity index (χ4n) is 2.81. The van der Waals surface area contributed by atoms with Crippen LogP contribution in [0.4, 0.5) is 5.69 Å². The van der Waals surface area contributed by atoms with Crippen molar-refractivity contribution in [2.75, 3.05) is 11.9 Å². The molecule has 0 saturated heterocycles. The molecule has 6 nitrogen and oxygen atoms in total. The minimum absolute atomic E-state index is 0.0854. The molecule has 3 aromatic carbocycles. The summed E-state index contributed by atoms with van der Waals surface area (Å²) in [5.74, 6) is -0.451. The van der Waals surface area contributed by atoms with Crippen LogP contribution in [0.1, 0.15) is 33.2 Å². The zero-order valence-electron chi connectivity index (χ0n) is 16.6. The molecule has 152 valence electrons. The van der Waals surface area contributed by atoms with Crippen LogP contribution < -0.4 is 15.4 Å². The van der Waals surface area contributed by atoms with E-state index < -0.39 is 5.91 Å². The highest BCUT2D eigenvalue weighted by Crippen LogP contribution is 2.18. The van der Waals surface area contributed by atoms with Gasteiger partial charge in [0.25, 0.3) is 11.8 Å². The monoisotopic (exact) mass is 402 g/mol. The average molecular weight is 402 g/mol. The number of para-hydroxylation sites is 1. The molecule has 0 radical (unpaired) electrons. The Balaban J connectivity index is 1.59. The van der Waals surface area contributed by atoms with Crippen molar-refractivity contribution < 1.29 is 19.1 Å². The molecule has 30 heavy (non-hydrogen) atoms. The van der Waals surface area contributed by atoms with Crippen LogP contribution in [0.2, 0.25) is 0 Å². The molecule has 2 amide bonds. The van der Waals surface area contributed by atoms with E-state index >= 15 is 0 Å². The molecule has 0 atom stereocenters. The van der Waals surface area contributed by atoms with E-state index in [0.717, 1.165) is 5.56 Å². The van der Waals surface area contributed by atoms with Gasteiger partial charge in [0, 0.05) is 17.8 Å². The third-order valence-electron chi connectivity index (χ3n) is 4.34. The van der Waals surface area contributed by atoms with Crippen molar-refractivity contribution in [3.8, 4) is 5.75 Å². The molecule has 0 aromatic heterocycles. The summed E-state index contributed by atoms with van der Waals surface area (Å²) in [6.07, 6.45) is 0. The van der Waals surface area contributed by atoms with Gasteiger partial charge in [-0.15, -0.1) is 0 Å². The van der Waals surface area contributed by atoms with Gasteiger partial charge in [0.2, 0.25) is 0 Å². The molecule has 3 rings (SSSR count). The Morgan fingerprint density at radius 1 is 0.867 bits per heavy atom. The largest absolute Gasteiger partial charge is 0.483 e. The number of carbonyl (C=O) groups excluding carboxylic acids is 3. The Morgan fingerprint density at radius 2 is 1.60 bits per heavy atom. The Kier molecular flexibility index (Phi) is 6.95. The Bertz CT molecular complexity index is 1050. The first-order valence-corrected chi connectivity index (χ1v) is 9.48. The van der Waals surface area contributed by atoms with E-state index in [9.17, 15) is 14.4 Å². The summed E-state index contributed by atoms with van der Waals surface area (Å²) >= 11 is 0. The van der Waals surface area contributed by atoms with Crippen molar-refractivity contribution in [1.29, 1.82) is 0 Å². The van der Waals surface area contributed by atoms with Gasteiger partial charge in [0.05, 0.1) is 5.56 Å². The van der Waals surface area contributed by atoms with E-state index in [2.05, 4.69) is 10.6 Å². The number of anilines is 1. The highest BCUT2D eigenvalue weighted by atomic mass is 16.5. The molecule has 2 N–H and O–H groups in total. The molecule has 0 aliphatic rings. The molecular formula is C24H22N2O4. The average Bonchev–Trinajstić information content (AvgIpc) is 2.77. The van der Waals surface area contributed by atoms with Gasteiger partial charge in [0.1, 0.15) is 5.75 Å². The molecule has 0 spiro atoms. The number of Topliss-reactive ketones (excluding diaryl/α,β-unsaturated/α-hetero) is 1. The van der Waals surface area contributed by atoms with Crippen LogP contribution >= 0.6 is 0 Å². The number of hydrogen-bond donors (Lipinski definition) is 2. The molecule has 3 aromatic rings. The van der Waals surface area contributed by atoms with Crippen molar-refractivity contribution in [2.24, 2.45) is 0 Å². The van der Waals surface area contributed by atoms with Gasteiger partial charge >= 0.3 is 0 Å². The van der Waals surface area contributed by atoms with Crippen LogP contribution in [0.25, 0.3) is 0 Å². The molecule has 0 aliphatic heterocycles. The van der Waals surface area contributed by atoms with Gasteiger partial charge < -0.3 is 15.4 Å². The van der Waals surface area contributed by atoms with Crippen LogP contribution in [0, 0.1) is 0 Å². The first kappa shape index (κ1) is 20.8. The first-order valence-electron chi connectivity index (χ1n) is 9.48. The van der Waals surface area contributed by atoms with Gasteiger partial charge in [0.15, 0.2) is 12.4 Å². The molecule has 0 unspecified atom stereocenters. The maximum Gasteiger partial charge on any atom is 0.262 e. The third kappa shape index (κ3) is 5.78. The molecule has 0 saturated carbocycles. The van der Waals surface area contributed by atoms with Crippen LogP contribution in [-0.2, 0) is 11.3 Å². The summed E-state index contributed by atoms with van der Waals surface area (Å²) in [4.78, 5) is 36.3. The number of ether oxygens (including phenoxy) is 1. The standard InChI is InChI=1S/C24H22N2O4/c1-17(27)19-10-7-11-20(14-19)26-23(28)16-30-22-13-6-5-12-21(22)24(29)25-15-18-8-3-2-4-9-18/h2-14H,15-16H2,1H3,(H,25,29)(H,26,28). The van der Waals surface area contributed by atoms with Crippen LogP contribution in [0.5, 0.6) is 5.75 Å². The topological polar surface area (TPSA) is 84.5 Å². The zero-order chi connectivity index (χ0) is 21.3. The lowest BCUT2D eigenvalue weighted by Crippen LogP contribution is -2.25. The van der Waals surface area contributed by atoms with E-state index in [4.69, 9.17) is 4.74 Å². The van der Waals surface area contributed by atoms with Crippen LogP contribution in [-0.4, -0.2) is 24.2 Å². The number of ketones is 1. The predicted molar refractivity (Wildman–Crippen MR) is 115 cm³/mol. The quantitative estimate of drug-likeness (QED) is 0.561. The van der Waals surface area contributed by atoms with Crippen molar-refractivity contribution in [1.82, 2.24) is 5.32 Å². The second-order valence-electron chi connectivity index (χ2n) is 6.64. The second kappa shape index (κ2) is 10.0. The lowest BCUT2D eigenvalue weighted by atomic mass is 10.1. The fourth-order valence-corrected chi connectivity index (χ4v) is 2.81. The van der Waals surface area contributed by atoms with E-state index in [1.807, 2.05) is 30.3 Å². The van der Waals surface area contributed by atoms with Crippen molar-refractivity contribution in [2.45, 2.75) is 13.5 Å². The van der Waals surface area contributed by atoms with E-state index in [1.165, 1.54) is 6.92 Å². The highest BCUT2D eigenvalue weighted by molar-refractivity contribution is 5.98. The van der Waals surface area contributed by atoms with E-state index in [1.54, 1.807) is 48.5 Å². The number of nitrogens with one attached hydrogen (secondary N) is 2. The summed E-state index contributed by atoms with van der Waals surface area (Å²) < 4.78 is 5.58. The Hall–Kier alpha value is -3.93. The van der Waals surface area contributed by atoms with Gasteiger partial charge in [-0.25, -0.2) is 0 Å². The van der Waals surface area contributed by atoms with Crippen LogP contribution in [0.15, 0.2) is 78.9 Å². The normalized spacial score (nSPS) is 10.2. The summed E-state index contributed by atoms with van der Waals surface area (Å²) in [5.41, 5.74) is 2.34. The third-order valence-corrected chi connectivity index (χ3v) is 4.34. The number of benzene rings is 3. The van der Waals surface area contributed by atoms with Crippen molar-refractivity contribution in [3.63, 3.8) is 0 Å². The summed E-state index contributed by atoms with van der Waals surface area (Å²) in [7, 11) is 0. The number of carbonyl (C=O) groups is 3. The molecular weight excluding hydrogens is 380 g/mol. The smallest absolute Gasteiger partial charge is 0.262 e. The van der Waals surface area contributed by atoms with Crippen molar-refractivity contribution >= 4 is 23.3 Å². The lowest BCUT2D eigenvalue weighted by molar-refractivity contribution is -0.118. The SMILES string of the molecule is CC(=O)c1cccc(NC(=O)COc2ccccc2C(=O)NCc2ccccc2)c1. The minimum atomic E-state index is -0.393. The van der Waals surface area contributed by atoms with Gasteiger partial charge in [-0.3, -0.25) is 14.4 Å². The maximum absolute atomic E-state index is 12.6. The van der Waals surface area contributed by atoms with Crippen molar-refractivity contribution in [3.05, 3.63) is 95.6 Å². The summed E-state index contributed by atoms with van der Waals surface area (Å²) in [6.45, 7) is 1.58. The Labute approximate surface area is 174 Å². The summed E-state index contributed by atoms with van der Waals surface area (Å²) in [5, 5.41) is 5.53. The van der Waals surface area contributed by atoms with E-state index in [0.29, 0.717) is 29.1 Å². The second-order valence-corrected chi connectivity index (χ2v) is 6.64. The number of hydrogen-bond acceptors (Lipinski definition) is 4.